The number of nitrogens with zero attached hydrogens (tertiary/aromatic N) is 2. The maximum absolute atomic E-state index is 12.4. The van der Waals surface area contributed by atoms with Gasteiger partial charge in [-0.2, -0.15) is 0 Å². The molecule has 3 aliphatic rings. The lowest BCUT2D eigenvalue weighted by molar-refractivity contribution is -0.138. The molecule has 1 aliphatic carbocycles. The average Bonchev–Trinajstić information content (AvgIpc) is 2.78. The van der Waals surface area contributed by atoms with Gasteiger partial charge in [-0.3, -0.25) is 9.59 Å². The van der Waals surface area contributed by atoms with Crippen LogP contribution in [0, 0.1) is 11.8 Å². The Morgan fingerprint density at radius 3 is 2.18 bits per heavy atom. The molecule has 2 heterocycles. The van der Waals surface area contributed by atoms with E-state index in [1.807, 2.05) is 9.80 Å². The molecule has 3 rings (SSSR count). The molecular weight excluding hydrogens is 302 g/mol. The number of nitrogens with one attached hydrogen (secondary N) is 1. The maximum Gasteiger partial charge on any atom is 0.228 e. The lowest BCUT2D eigenvalue weighted by Crippen LogP contribution is -2.52. The summed E-state index contributed by atoms with van der Waals surface area (Å²) in [6.45, 7) is 4.70. The van der Waals surface area contributed by atoms with E-state index in [4.69, 9.17) is 0 Å². The van der Waals surface area contributed by atoms with Crippen LogP contribution in [0.1, 0.15) is 38.5 Å². The van der Waals surface area contributed by atoms with Crippen molar-refractivity contribution in [1.82, 2.24) is 15.1 Å². The molecule has 22 heavy (non-hydrogen) atoms. The highest BCUT2D eigenvalue weighted by Gasteiger charge is 2.31. The van der Waals surface area contributed by atoms with Gasteiger partial charge in [-0.05, 0) is 25.2 Å². The zero-order valence-corrected chi connectivity index (χ0v) is 14.1. The molecular formula is C16H28ClN3O2. The zero-order chi connectivity index (χ0) is 14.7. The second-order valence-electron chi connectivity index (χ2n) is 6.77. The SMILES string of the molecule is Cl.O=C(CC1CCCC1)N1CCCN(C(=O)C2CNC2)CC1. The number of hydrogen-bond donors (Lipinski definition) is 1. The third-order valence-electron chi connectivity index (χ3n) is 5.23. The zero-order valence-electron chi connectivity index (χ0n) is 13.3. The lowest BCUT2D eigenvalue weighted by Gasteiger charge is -2.31. The number of halogens is 1. The Kier molecular flexibility index (Phi) is 6.50. The minimum Gasteiger partial charge on any atom is -0.341 e. The molecule has 126 valence electrons. The van der Waals surface area contributed by atoms with Gasteiger partial charge in [0.25, 0.3) is 0 Å². The monoisotopic (exact) mass is 329 g/mol. The van der Waals surface area contributed by atoms with Crippen molar-refractivity contribution in [3.05, 3.63) is 0 Å². The van der Waals surface area contributed by atoms with Crippen molar-refractivity contribution in [3.8, 4) is 0 Å². The van der Waals surface area contributed by atoms with Gasteiger partial charge in [-0.15, -0.1) is 12.4 Å². The van der Waals surface area contributed by atoms with Crippen molar-refractivity contribution in [2.24, 2.45) is 11.8 Å². The quantitative estimate of drug-likeness (QED) is 0.848. The molecule has 5 nitrogen and oxygen atoms in total. The predicted molar refractivity (Wildman–Crippen MR) is 88.0 cm³/mol. The van der Waals surface area contributed by atoms with Crippen molar-refractivity contribution >= 4 is 24.2 Å². The number of rotatable bonds is 3. The van der Waals surface area contributed by atoms with E-state index in [-0.39, 0.29) is 24.2 Å². The summed E-state index contributed by atoms with van der Waals surface area (Å²) in [6.07, 6.45) is 6.66. The Labute approximate surface area is 139 Å². The molecule has 2 amide bonds. The third-order valence-corrected chi connectivity index (χ3v) is 5.23. The minimum absolute atomic E-state index is 0. The third kappa shape index (κ3) is 4.13. The molecule has 1 N–H and O–H groups in total. The smallest absolute Gasteiger partial charge is 0.228 e. The Morgan fingerprint density at radius 2 is 1.55 bits per heavy atom. The molecule has 3 fully saturated rings. The number of hydrogen-bond acceptors (Lipinski definition) is 3. The molecule has 0 radical (unpaired) electrons. The highest BCUT2D eigenvalue weighted by Crippen LogP contribution is 2.28. The van der Waals surface area contributed by atoms with Crippen molar-refractivity contribution in [1.29, 1.82) is 0 Å². The second-order valence-corrected chi connectivity index (χ2v) is 6.77. The first-order valence-electron chi connectivity index (χ1n) is 8.51. The van der Waals surface area contributed by atoms with Crippen LogP contribution in [0.15, 0.2) is 0 Å². The van der Waals surface area contributed by atoms with Crippen LogP contribution in [-0.2, 0) is 9.59 Å². The lowest BCUT2D eigenvalue weighted by atomic mass is 10.0. The summed E-state index contributed by atoms with van der Waals surface area (Å²) in [5, 5.41) is 3.15. The molecule has 2 aliphatic heterocycles. The molecule has 0 aromatic rings. The van der Waals surface area contributed by atoms with Gasteiger partial charge in [-0.25, -0.2) is 0 Å². The minimum atomic E-state index is 0. The van der Waals surface area contributed by atoms with E-state index >= 15 is 0 Å². The van der Waals surface area contributed by atoms with E-state index in [0.717, 1.165) is 45.6 Å². The first-order valence-corrected chi connectivity index (χ1v) is 8.51. The molecule has 0 bridgehead atoms. The molecule has 6 heteroatoms. The van der Waals surface area contributed by atoms with Crippen LogP contribution in [0.3, 0.4) is 0 Å². The summed E-state index contributed by atoms with van der Waals surface area (Å²) in [6, 6.07) is 0. The van der Waals surface area contributed by atoms with Gasteiger partial charge in [0.2, 0.25) is 11.8 Å². The summed E-state index contributed by atoms with van der Waals surface area (Å²) < 4.78 is 0. The molecule has 0 unspecified atom stereocenters. The molecule has 1 saturated carbocycles. The Morgan fingerprint density at radius 1 is 0.909 bits per heavy atom. The predicted octanol–water partition coefficient (Wildman–Crippen LogP) is 1.27. The molecule has 0 spiro atoms. The van der Waals surface area contributed by atoms with E-state index in [0.29, 0.717) is 18.4 Å². The van der Waals surface area contributed by atoms with Crippen molar-refractivity contribution in [2.45, 2.75) is 38.5 Å². The van der Waals surface area contributed by atoms with Crippen molar-refractivity contribution in [3.63, 3.8) is 0 Å². The highest BCUT2D eigenvalue weighted by molar-refractivity contribution is 5.85. The van der Waals surface area contributed by atoms with Gasteiger partial charge in [0.05, 0.1) is 5.92 Å². The van der Waals surface area contributed by atoms with Crippen LogP contribution in [0.25, 0.3) is 0 Å². The van der Waals surface area contributed by atoms with E-state index in [2.05, 4.69) is 5.32 Å². The first-order chi connectivity index (χ1) is 10.2. The Hall–Kier alpha value is -0.810. The Bertz CT molecular complexity index is 395. The molecule has 0 aromatic heterocycles. The summed E-state index contributed by atoms with van der Waals surface area (Å²) in [5.74, 6) is 1.37. The van der Waals surface area contributed by atoms with E-state index < -0.39 is 0 Å². The van der Waals surface area contributed by atoms with Crippen LogP contribution in [0.4, 0.5) is 0 Å². The molecule has 0 atom stereocenters. The van der Waals surface area contributed by atoms with Crippen LogP contribution >= 0.6 is 12.4 Å². The van der Waals surface area contributed by atoms with Crippen LogP contribution < -0.4 is 5.32 Å². The summed E-state index contributed by atoms with van der Waals surface area (Å²) in [4.78, 5) is 28.6. The number of amides is 2. The normalized spacial score (nSPS) is 23.6. The van der Waals surface area contributed by atoms with Crippen LogP contribution in [-0.4, -0.2) is 60.9 Å². The van der Waals surface area contributed by atoms with Crippen molar-refractivity contribution in [2.75, 3.05) is 39.3 Å². The van der Waals surface area contributed by atoms with E-state index in [9.17, 15) is 9.59 Å². The number of carbonyl (C=O) groups excluding carboxylic acids is 2. The Balaban J connectivity index is 0.00000176. The van der Waals surface area contributed by atoms with Gasteiger partial charge in [0.1, 0.15) is 0 Å². The van der Waals surface area contributed by atoms with E-state index in [1.165, 1.54) is 25.7 Å². The number of carbonyl (C=O) groups is 2. The van der Waals surface area contributed by atoms with Gasteiger partial charge >= 0.3 is 0 Å². The standard InChI is InChI=1S/C16H27N3O2.ClH/c20-15(10-13-4-1-2-5-13)18-6-3-7-19(9-8-18)16(21)14-11-17-12-14;/h13-14,17H,1-12H2;1H. The fourth-order valence-corrected chi connectivity index (χ4v) is 3.70. The molecule has 2 saturated heterocycles. The van der Waals surface area contributed by atoms with Gasteiger partial charge in [-0.1, -0.05) is 12.8 Å². The van der Waals surface area contributed by atoms with Crippen LogP contribution in [0.5, 0.6) is 0 Å². The van der Waals surface area contributed by atoms with Gasteiger partial charge in [0, 0.05) is 45.7 Å². The second kappa shape index (κ2) is 8.16. The molecule has 0 aromatic carbocycles. The highest BCUT2D eigenvalue weighted by atomic mass is 35.5. The summed E-state index contributed by atoms with van der Waals surface area (Å²) >= 11 is 0. The van der Waals surface area contributed by atoms with Crippen molar-refractivity contribution < 1.29 is 9.59 Å². The fourth-order valence-electron chi connectivity index (χ4n) is 3.70. The topological polar surface area (TPSA) is 52.7 Å². The first kappa shape index (κ1) is 17.5. The summed E-state index contributed by atoms with van der Waals surface area (Å²) in [7, 11) is 0. The van der Waals surface area contributed by atoms with Gasteiger partial charge in [0.15, 0.2) is 0 Å². The van der Waals surface area contributed by atoms with E-state index in [1.54, 1.807) is 0 Å². The van der Waals surface area contributed by atoms with Crippen LogP contribution in [0.2, 0.25) is 0 Å². The van der Waals surface area contributed by atoms with Gasteiger partial charge < -0.3 is 15.1 Å². The maximum atomic E-state index is 12.4. The largest absolute Gasteiger partial charge is 0.341 e. The fraction of sp³-hybridized carbons (Fsp3) is 0.875. The summed E-state index contributed by atoms with van der Waals surface area (Å²) in [5.41, 5.74) is 0. The average molecular weight is 330 g/mol.